The SMILES string of the molecule is O=C(CSc1nc2ccccc2c(=O)n1Cc1ccc(Cl)cc1)NCC1CCCO1. The predicted octanol–water partition coefficient (Wildman–Crippen LogP) is 3.49. The molecule has 2 aromatic carbocycles. The number of hydrogen-bond donors (Lipinski definition) is 1. The smallest absolute Gasteiger partial charge is 0.262 e. The number of fused-ring (bicyclic) bond motifs is 1. The summed E-state index contributed by atoms with van der Waals surface area (Å²) in [7, 11) is 0. The first kappa shape index (κ1) is 20.9. The summed E-state index contributed by atoms with van der Waals surface area (Å²) in [5, 5.41) is 4.62. The van der Waals surface area contributed by atoms with Crippen molar-refractivity contribution in [2.24, 2.45) is 0 Å². The van der Waals surface area contributed by atoms with E-state index >= 15 is 0 Å². The Bertz CT molecular complexity index is 1090. The molecule has 1 amide bonds. The number of halogens is 1. The van der Waals surface area contributed by atoms with Crippen LogP contribution in [0.4, 0.5) is 0 Å². The number of thioether (sulfide) groups is 1. The van der Waals surface area contributed by atoms with Gasteiger partial charge in [-0.3, -0.25) is 14.2 Å². The third-order valence-corrected chi connectivity index (χ3v) is 6.19. The van der Waals surface area contributed by atoms with Crippen LogP contribution < -0.4 is 10.9 Å². The summed E-state index contributed by atoms with van der Waals surface area (Å²) >= 11 is 7.24. The molecule has 1 fully saturated rings. The van der Waals surface area contributed by atoms with Gasteiger partial charge in [0.2, 0.25) is 5.91 Å². The summed E-state index contributed by atoms with van der Waals surface area (Å²) in [4.78, 5) is 30.1. The molecule has 30 heavy (non-hydrogen) atoms. The highest BCUT2D eigenvalue weighted by atomic mass is 35.5. The number of amides is 1. The van der Waals surface area contributed by atoms with Crippen molar-refractivity contribution in [3.05, 3.63) is 69.5 Å². The average molecular weight is 444 g/mol. The van der Waals surface area contributed by atoms with Crippen molar-refractivity contribution in [1.29, 1.82) is 0 Å². The summed E-state index contributed by atoms with van der Waals surface area (Å²) < 4.78 is 7.15. The normalized spacial score (nSPS) is 16.1. The summed E-state index contributed by atoms with van der Waals surface area (Å²) in [5.74, 6) is 0.0777. The van der Waals surface area contributed by atoms with Crippen LogP contribution >= 0.6 is 23.4 Å². The van der Waals surface area contributed by atoms with Gasteiger partial charge >= 0.3 is 0 Å². The second-order valence-corrected chi connectivity index (χ2v) is 8.54. The van der Waals surface area contributed by atoms with Gasteiger partial charge in [0.05, 0.1) is 29.3 Å². The molecule has 1 aliphatic heterocycles. The van der Waals surface area contributed by atoms with Gasteiger partial charge in [0.15, 0.2) is 5.16 Å². The second kappa shape index (κ2) is 9.64. The van der Waals surface area contributed by atoms with Crippen LogP contribution in [0.5, 0.6) is 0 Å². The highest BCUT2D eigenvalue weighted by molar-refractivity contribution is 7.99. The highest BCUT2D eigenvalue weighted by Gasteiger charge is 2.17. The molecule has 1 unspecified atom stereocenters. The minimum atomic E-state index is -0.127. The molecule has 8 heteroatoms. The van der Waals surface area contributed by atoms with Crippen molar-refractivity contribution in [2.45, 2.75) is 30.6 Å². The summed E-state index contributed by atoms with van der Waals surface area (Å²) in [6.07, 6.45) is 2.11. The van der Waals surface area contributed by atoms with Crippen molar-refractivity contribution >= 4 is 40.2 Å². The third kappa shape index (κ3) is 5.03. The largest absolute Gasteiger partial charge is 0.376 e. The summed E-state index contributed by atoms with van der Waals surface area (Å²) in [6.45, 7) is 1.63. The zero-order valence-electron chi connectivity index (χ0n) is 16.3. The lowest BCUT2D eigenvalue weighted by molar-refractivity contribution is -0.119. The van der Waals surface area contributed by atoms with Crippen LogP contribution in [0.2, 0.25) is 5.02 Å². The van der Waals surface area contributed by atoms with Crippen LogP contribution in [0, 0.1) is 0 Å². The molecule has 1 atom stereocenters. The van der Waals surface area contributed by atoms with Crippen molar-refractivity contribution in [3.63, 3.8) is 0 Å². The maximum Gasteiger partial charge on any atom is 0.262 e. The Hall–Kier alpha value is -2.35. The Kier molecular flexibility index (Phi) is 6.72. The molecule has 2 heterocycles. The molecule has 0 radical (unpaired) electrons. The van der Waals surface area contributed by atoms with Crippen LogP contribution in [-0.2, 0) is 16.1 Å². The fourth-order valence-electron chi connectivity index (χ4n) is 3.38. The van der Waals surface area contributed by atoms with E-state index in [9.17, 15) is 9.59 Å². The van der Waals surface area contributed by atoms with Gasteiger partial charge in [-0.2, -0.15) is 0 Å². The van der Waals surface area contributed by atoms with E-state index in [-0.39, 0.29) is 23.3 Å². The first-order valence-corrected chi connectivity index (χ1v) is 11.2. The van der Waals surface area contributed by atoms with E-state index < -0.39 is 0 Å². The number of rotatable bonds is 7. The summed E-state index contributed by atoms with van der Waals surface area (Å²) in [6, 6.07) is 14.6. The molecule has 1 N–H and O–H groups in total. The van der Waals surface area contributed by atoms with Crippen molar-refractivity contribution in [2.75, 3.05) is 18.9 Å². The third-order valence-electron chi connectivity index (χ3n) is 4.96. The van der Waals surface area contributed by atoms with Gasteiger partial charge in [0, 0.05) is 18.2 Å². The number of aromatic nitrogens is 2. The van der Waals surface area contributed by atoms with E-state index in [1.54, 1.807) is 22.8 Å². The fraction of sp³-hybridized carbons (Fsp3) is 0.318. The van der Waals surface area contributed by atoms with Gasteiger partial charge in [0.25, 0.3) is 5.56 Å². The van der Waals surface area contributed by atoms with Crippen molar-refractivity contribution in [1.82, 2.24) is 14.9 Å². The van der Waals surface area contributed by atoms with Crippen LogP contribution in [0.25, 0.3) is 10.9 Å². The predicted molar refractivity (Wildman–Crippen MR) is 119 cm³/mol. The first-order chi connectivity index (χ1) is 14.6. The van der Waals surface area contributed by atoms with Gasteiger partial charge in [-0.05, 0) is 42.7 Å². The zero-order valence-corrected chi connectivity index (χ0v) is 17.9. The summed E-state index contributed by atoms with van der Waals surface area (Å²) in [5.41, 5.74) is 1.43. The topological polar surface area (TPSA) is 73.2 Å². The van der Waals surface area contributed by atoms with E-state index in [0.29, 0.717) is 34.2 Å². The number of hydrogen-bond acceptors (Lipinski definition) is 5. The van der Waals surface area contributed by atoms with E-state index in [0.717, 1.165) is 25.0 Å². The molecule has 6 nitrogen and oxygen atoms in total. The van der Waals surface area contributed by atoms with Crippen molar-refractivity contribution in [3.8, 4) is 0 Å². The number of para-hydroxylation sites is 1. The van der Waals surface area contributed by atoms with Crippen LogP contribution in [0.3, 0.4) is 0 Å². The molecule has 0 bridgehead atoms. The molecular formula is C22H22ClN3O3S. The van der Waals surface area contributed by atoms with E-state index in [1.807, 2.05) is 30.3 Å². The molecule has 0 aliphatic carbocycles. The molecule has 1 saturated heterocycles. The van der Waals surface area contributed by atoms with Crippen molar-refractivity contribution < 1.29 is 9.53 Å². The Morgan fingerprint density at radius 3 is 2.80 bits per heavy atom. The minimum Gasteiger partial charge on any atom is -0.376 e. The van der Waals surface area contributed by atoms with Gasteiger partial charge in [-0.15, -0.1) is 0 Å². The molecule has 1 aliphatic rings. The Morgan fingerprint density at radius 2 is 2.03 bits per heavy atom. The first-order valence-electron chi connectivity index (χ1n) is 9.85. The maximum absolute atomic E-state index is 13.1. The van der Waals surface area contributed by atoms with Gasteiger partial charge in [0.1, 0.15) is 0 Å². The van der Waals surface area contributed by atoms with Crippen LogP contribution in [0.15, 0.2) is 58.5 Å². The average Bonchev–Trinajstić information content (AvgIpc) is 3.28. The van der Waals surface area contributed by atoms with E-state index in [2.05, 4.69) is 10.3 Å². The Morgan fingerprint density at radius 1 is 1.23 bits per heavy atom. The molecule has 0 saturated carbocycles. The Labute approximate surface area is 183 Å². The van der Waals surface area contributed by atoms with E-state index in [1.165, 1.54) is 11.8 Å². The number of nitrogens with one attached hydrogen (secondary N) is 1. The fourth-order valence-corrected chi connectivity index (χ4v) is 4.34. The zero-order chi connectivity index (χ0) is 20.9. The number of ether oxygens (including phenoxy) is 1. The van der Waals surface area contributed by atoms with Crippen LogP contribution in [-0.4, -0.2) is 40.5 Å². The minimum absolute atomic E-state index is 0.0980. The molecule has 1 aromatic heterocycles. The highest BCUT2D eigenvalue weighted by Crippen LogP contribution is 2.20. The number of carbonyl (C=O) groups excluding carboxylic acids is 1. The van der Waals surface area contributed by atoms with Gasteiger partial charge in [-0.25, -0.2) is 4.98 Å². The van der Waals surface area contributed by atoms with Gasteiger partial charge in [-0.1, -0.05) is 47.6 Å². The molecule has 0 spiro atoms. The van der Waals surface area contributed by atoms with Gasteiger partial charge < -0.3 is 10.1 Å². The lowest BCUT2D eigenvalue weighted by Gasteiger charge is -2.14. The molecule has 156 valence electrons. The van der Waals surface area contributed by atoms with Crippen LogP contribution in [0.1, 0.15) is 18.4 Å². The molecular weight excluding hydrogens is 422 g/mol. The second-order valence-electron chi connectivity index (χ2n) is 7.16. The lowest BCUT2D eigenvalue weighted by Crippen LogP contribution is -2.33. The monoisotopic (exact) mass is 443 g/mol. The quantitative estimate of drug-likeness (QED) is 0.447. The number of benzene rings is 2. The molecule has 3 aromatic rings. The number of nitrogens with zero attached hydrogens (tertiary/aromatic N) is 2. The Balaban J connectivity index is 1.54. The molecule has 4 rings (SSSR count). The number of carbonyl (C=O) groups is 1. The lowest BCUT2D eigenvalue weighted by atomic mass is 10.2. The maximum atomic E-state index is 13.1. The van der Waals surface area contributed by atoms with E-state index in [4.69, 9.17) is 16.3 Å². The standard InChI is InChI=1S/C22H22ClN3O3S/c23-16-9-7-15(8-10-16)13-26-21(28)18-5-1-2-6-19(18)25-22(26)30-14-20(27)24-12-17-4-3-11-29-17/h1-2,5-10,17H,3-4,11-14H2,(H,24,27).